The summed E-state index contributed by atoms with van der Waals surface area (Å²) >= 11 is 0. The van der Waals surface area contributed by atoms with Gasteiger partial charge in [-0.25, -0.2) is 0 Å². The summed E-state index contributed by atoms with van der Waals surface area (Å²) in [5, 5.41) is 25.0. The van der Waals surface area contributed by atoms with E-state index in [4.69, 9.17) is 47.3 Å². The van der Waals surface area contributed by atoms with Crippen molar-refractivity contribution in [3.05, 3.63) is 26.3 Å². The summed E-state index contributed by atoms with van der Waals surface area (Å²) in [6.45, 7) is 19.0. The van der Waals surface area contributed by atoms with Crippen LogP contribution in [0.3, 0.4) is 0 Å². The van der Waals surface area contributed by atoms with Gasteiger partial charge in [0.15, 0.2) is 0 Å². The van der Waals surface area contributed by atoms with Crippen LogP contribution in [0.25, 0.3) is 0 Å². The molecule has 0 aliphatic heterocycles. The number of hydrogen-bond donors (Lipinski definition) is 0. The molecule has 0 heterocycles. The van der Waals surface area contributed by atoms with Crippen molar-refractivity contribution in [2.45, 2.75) is 0 Å². The van der Waals surface area contributed by atoms with Gasteiger partial charge in [-0.05, 0) is 33.6 Å². The second-order valence-corrected chi connectivity index (χ2v) is 7.58. The summed E-state index contributed by atoms with van der Waals surface area (Å²) in [6, 6.07) is 0. The van der Waals surface area contributed by atoms with Gasteiger partial charge in [-0.1, -0.05) is 0 Å². The third kappa shape index (κ3) is 49.7. The van der Waals surface area contributed by atoms with E-state index in [0.717, 1.165) is 14.1 Å². The standard InChI is InChI=1S/2CH3F4NP2.4CN.2Pt/c2*1-6(7(2)3)8(4)5;4*1-2;;/h2*1H3;;;;;;/q;;4*-1;;/p+4. The van der Waals surface area contributed by atoms with E-state index < -0.39 is 34.8 Å². The van der Waals surface area contributed by atoms with Gasteiger partial charge < -0.3 is 47.3 Å². The van der Waals surface area contributed by atoms with Crippen molar-refractivity contribution >= 4 is 34.8 Å². The molecule has 0 saturated heterocycles. The molecule has 0 amide bonds. The molecule has 160 valence electrons. The monoisotopic (exact) mass is 832 g/mol. The fourth-order valence-corrected chi connectivity index (χ4v) is 1.15. The molecular formula is C6H10F8N6P4Pt2. The van der Waals surface area contributed by atoms with E-state index in [2.05, 4.69) is 0 Å². The van der Waals surface area contributed by atoms with Crippen LogP contribution in [0.4, 0.5) is 33.6 Å². The van der Waals surface area contributed by atoms with Crippen LogP contribution in [0.2, 0.25) is 0 Å². The van der Waals surface area contributed by atoms with Crippen LogP contribution in [-0.4, -0.2) is 23.0 Å². The fraction of sp³-hybridized carbons (Fsp3) is 0.333. The second-order valence-electron chi connectivity index (χ2n) is 2.08. The van der Waals surface area contributed by atoms with Gasteiger partial charge in [0.2, 0.25) is 0 Å². The third-order valence-electron chi connectivity index (χ3n) is 1.01. The molecule has 0 bridgehead atoms. The molecule has 26 heavy (non-hydrogen) atoms. The van der Waals surface area contributed by atoms with E-state index in [1.807, 2.05) is 0 Å². The summed E-state index contributed by atoms with van der Waals surface area (Å²) in [7, 11) is -14.1. The molecule has 0 aromatic heterocycles. The predicted octanol–water partition coefficient (Wildman–Crippen LogP) is 5.81. The van der Waals surface area contributed by atoms with Crippen molar-refractivity contribution in [3.8, 4) is 0 Å². The van der Waals surface area contributed by atoms with Crippen LogP contribution in [0, 0.1) is 47.3 Å². The minimum absolute atomic E-state index is 0. The van der Waals surface area contributed by atoms with Crippen LogP contribution in [0.15, 0.2) is 0 Å². The summed E-state index contributed by atoms with van der Waals surface area (Å²) in [4.78, 5) is 0. The van der Waals surface area contributed by atoms with Gasteiger partial charge in [-0.15, -0.1) is 0 Å². The molecule has 0 saturated carbocycles. The van der Waals surface area contributed by atoms with E-state index in [1.165, 1.54) is 0 Å². The van der Waals surface area contributed by atoms with Gasteiger partial charge in [0.05, 0.1) is 23.0 Å². The van der Waals surface area contributed by atoms with Crippen LogP contribution >= 0.6 is 34.8 Å². The predicted molar refractivity (Wildman–Crippen MR) is 77.5 cm³/mol. The maximum Gasteiger partial charge on any atom is 0.486 e. The SMILES string of the molecule is CN([PH+](F)F)[PH+](F)F.CN([PH+](F)F)[PH+](F)F.[C-]#N.[C-]#N.[C-]#N.[C-]#N.[Pt].[Pt]. The van der Waals surface area contributed by atoms with E-state index in [9.17, 15) is 33.6 Å². The summed E-state index contributed by atoms with van der Waals surface area (Å²) in [6.07, 6.45) is 0. The minimum Gasteiger partial charge on any atom is -0.512 e. The zero-order chi connectivity index (χ0) is 21.5. The Kier molecular flexibility index (Phi) is 86.5. The van der Waals surface area contributed by atoms with Crippen LogP contribution in [-0.2, 0) is 42.1 Å². The van der Waals surface area contributed by atoms with Gasteiger partial charge in [0.1, 0.15) is 0 Å². The number of rotatable bonds is 4. The average molecular weight is 832 g/mol. The molecule has 0 aliphatic rings. The Morgan fingerprint density at radius 2 is 0.538 bits per heavy atom. The first kappa shape index (κ1) is 50.3. The number of hydrogen-bond acceptors (Lipinski definition) is 6. The topological polar surface area (TPSA) is 102 Å². The Bertz CT molecular complexity index is 267. The Hall–Kier alpha value is 0.417. The Morgan fingerprint density at radius 3 is 0.538 bits per heavy atom. The first-order valence-corrected chi connectivity index (χ1v) is 9.01. The summed E-state index contributed by atoms with van der Waals surface area (Å²) in [5.74, 6) is 0. The smallest absolute Gasteiger partial charge is 0.486 e. The second kappa shape index (κ2) is 44.7. The first-order valence-electron chi connectivity index (χ1n) is 4.20. The molecule has 0 atom stereocenters. The van der Waals surface area contributed by atoms with Gasteiger partial charge in [0, 0.05) is 42.1 Å². The third-order valence-corrected chi connectivity index (χ3v) is 5.07. The quantitative estimate of drug-likeness (QED) is 0.202. The van der Waals surface area contributed by atoms with E-state index >= 15 is 0 Å². The van der Waals surface area contributed by atoms with E-state index in [-0.39, 0.29) is 51.0 Å². The molecule has 0 aliphatic carbocycles. The first-order chi connectivity index (χ1) is 11.1. The largest absolute Gasteiger partial charge is 0.512 e. The van der Waals surface area contributed by atoms with Gasteiger partial charge in [0.25, 0.3) is 0 Å². The van der Waals surface area contributed by atoms with Crippen LogP contribution < -0.4 is 0 Å². The fourth-order valence-electron chi connectivity index (χ4n) is 0.128. The number of halogens is 8. The molecule has 0 aromatic rings. The van der Waals surface area contributed by atoms with Crippen molar-refractivity contribution in [2.24, 2.45) is 0 Å². The molecular weight excluding hydrogens is 822 g/mol. The summed E-state index contributed by atoms with van der Waals surface area (Å²) in [5.41, 5.74) is 0. The molecule has 0 fully saturated rings. The molecule has 20 heteroatoms. The zero-order valence-corrected chi connectivity index (χ0v) is 20.9. The molecule has 0 radical (unpaired) electrons. The maximum absolute atomic E-state index is 11.3. The molecule has 6 nitrogen and oxygen atoms in total. The van der Waals surface area contributed by atoms with E-state index in [0.29, 0.717) is 0 Å². The molecule has 0 rings (SSSR count). The van der Waals surface area contributed by atoms with Crippen molar-refractivity contribution in [2.75, 3.05) is 14.1 Å². The molecule has 0 spiro atoms. The zero-order valence-electron chi connectivity index (χ0n) is 12.3. The Balaban J connectivity index is -0.0000000283. The van der Waals surface area contributed by atoms with Crippen LogP contribution in [0.1, 0.15) is 0 Å². The van der Waals surface area contributed by atoms with Crippen molar-refractivity contribution in [1.29, 1.82) is 21.0 Å². The van der Waals surface area contributed by atoms with Crippen molar-refractivity contribution in [3.63, 3.8) is 0 Å². The van der Waals surface area contributed by atoms with Crippen molar-refractivity contribution in [1.82, 2.24) is 8.88 Å². The van der Waals surface area contributed by atoms with Crippen molar-refractivity contribution < 1.29 is 75.7 Å². The maximum atomic E-state index is 11.3. The summed E-state index contributed by atoms with van der Waals surface area (Å²) < 4.78 is 89.8. The molecule has 0 N–H and O–H groups in total. The normalized spacial score (nSPS) is 7.69. The minimum atomic E-state index is -3.88. The van der Waals surface area contributed by atoms with Crippen LogP contribution in [0.5, 0.6) is 0 Å². The van der Waals surface area contributed by atoms with E-state index in [1.54, 1.807) is 0 Å². The molecule has 0 aromatic carbocycles. The average Bonchev–Trinajstić information content (AvgIpc) is 2.60. The van der Waals surface area contributed by atoms with Gasteiger partial charge >= 0.3 is 34.8 Å². The Labute approximate surface area is 180 Å². The molecule has 0 unspecified atom stereocenters. The Morgan fingerprint density at radius 1 is 0.462 bits per heavy atom. The van der Waals surface area contributed by atoms with Gasteiger partial charge in [-0.2, -0.15) is 0 Å². The van der Waals surface area contributed by atoms with Gasteiger partial charge in [-0.3, -0.25) is 0 Å². The number of nitrogens with zero attached hydrogens (tertiary/aromatic N) is 6.